The molecule has 4 aliphatic rings. The van der Waals surface area contributed by atoms with Gasteiger partial charge in [-0.15, -0.1) is 6.58 Å². The molecule has 2 saturated heterocycles. The van der Waals surface area contributed by atoms with Gasteiger partial charge in [0.2, 0.25) is 0 Å². The van der Waals surface area contributed by atoms with Gasteiger partial charge in [-0.2, -0.15) is 0 Å². The van der Waals surface area contributed by atoms with Gasteiger partial charge in [0, 0.05) is 19.5 Å². The summed E-state index contributed by atoms with van der Waals surface area (Å²) < 4.78 is 22.6. The molecule has 2 aliphatic heterocycles. The van der Waals surface area contributed by atoms with Crippen LogP contribution in [0.15, 0.2) is 24.3 Å². The van der Waals surface area contributed by atoms with E-state index < -0.39 is 64.2 Å². The Hall–Kier alpha value is -2.11. The molecule has 6 atom stereocenters. The number of hydrogen-bond donors (Lipinski definition) is 2. The number of ketones is 1. The fourth-order valence-electron chi connectivity index (χ4n) is 6.90. The summed E-state index contributed by atoms with van der Waals surface area (Å²) >= 11 is 0. The van der Waals surface area contributed by atoms with Gasteiger partial charge in [0.25, 0.3) is 0 Å². The molecule has 0 bridgehead atoms. The Kier molecular flexibility index (Phi) is 7.46. The lowest BCUT2D eigenvalue weighted by Gasteiger charge is -2.66. The number of ether oxygens (including phenoxy) is 4. The average molecular weight is 536 g/mol. The lowest BCUT2D eigenvalue weighted by atomic mass is 9.44. The fourth-order valence-corrected chi connectivity index (χ4v) is 6.90. The van der Waals surface area contributed by atoms with Gasteiger partial charge in [-0.05, 0) is 45.1 Å². The minimum absolute atomic E-state index is 0.0291. The van der Waals surface area contributed by atoms with E-state index in [4.69, 9.17) is 18.9 Å². The molecular weight excluding hydrogens is 494 g/mol. The van der Waals surface area contributed by atoms with Crippen molar-refractivity contribution in [3.05, 3.63) is 24.3 Å². The van der Waals surface area contributed by atoms with Crippen molar-refractivity contribution in [3.8, 4) is 0 Å². The summed E-state index contributed by atoms with van der Waals surface area (Å²) in [6, 6.07) is 0. The molecule has 2 aliphatic carbocycles. The molecule has 4 rings (SSSR count). The minimum Gasteiger partial charge on any atom is -0.453 e. The first-order valence-corrected chi connectivity index (χ1v) is 13.3. The molecule has 10 heteroatoms. The van der Waals surface area contributed by atoms with Crippen molar-refractivity contribution in [2.24, 2.45) is 10.8 Å². The molecule has 0 unspecified atom stereocenters. The molecule has 0 spiro atoms. The molecule has 0 aromatic rings. The Balaban J connectivity index is 1.64. The van der Waals surface area contributed by atoms with Gasteiger partial charge in [0.1, 0.15) is 5.60 Å². The number of nitrogens with zero attached hydrogens (tertiary/aromatic N) is 1. The van der Waals surface area contributed by atoms with Crippen LogP contribution in [-0.4, -0.2) is 101 Å². The second-order valence-corrected chi connectivity index (χ2v) is 12.2. The molecule has 38 heavy (non-hydrogen) atoms. The van der Waals surface area contributed by atoms with Gasteiger partial charge in [-0.25, -0.2) is 4.79 Å². The number of hydrogen-bond acceptors (Lipinski definition) is 10. The number of morpholine rings is 1. The molecule has 0 radical (unpaired) electrons. The van der Waals surface area contributed by atoms with Crippen LogP contribution in [-0.2, 0) is 33.3 Å². The van der Waals surface area contributed by atoms with E-state index in [0.29, 0.717) is 44.7 Å². The van der Waals surface area contributed by atoms with Crippen molar-refractivity contribution < 1.29 is 43.5 Å². The average Bonchev–Trinajstić information content (AvgIpc) is 2.85. The highest BCUT2D eigenvalue weighted by Crippen LogP contribution is 2.64. The maximum atomic E-state index is 13.8. The first kappa shape index (κ1) is 28.9. The Labute approximate surface area is 223 Å². The number of Topliss-reactive ketones (excluding diaryl/α,β-unsaturated/α-hetero) is 1. The maximum absolute atomic E-state index is 13.8. The second-order valence-electron chi connectivity index (χ2n) is 12.2. The van der Waals surface area contributed by atoms with Crippen molar-refractivity contribution in [1.29, 1.82) is 0 Å². The quantitative estimate of drug-likeness (QED) is 0.379. The van der Waals surface area contributed by atoms with E-state index in [0.717, 1.165) is 0 Å². The summed E-state index contributed by atoms with van der Waals surface area (Å²) in [5.41, 5.74) is -6.35. The van der Waals surface area contributed by atoms with E-state index in [1.54, 1.807) is 19.9 Å². The topological polar surface area (TPSA) is 132 Å². The first-order chi connectivity index (χ1) is 17.6. The molecule has 0 amide bonds. The van der Waals surface area contributed by atoms with Gasteiger partial charge in [-0.3, -0.25) is 14.5 Å². The van der Waals surface area contributed by atoms with E-state index in [-0.39, 0.29) is 13.0 Å². The summed E-state index contributed by atoms with van der Waals surface area (Å²) in [6.45, 7) is 14.3. The third kappa shape index (κ3) is 4.44. The largest absolute Gasteiger partial charge is 0.453 e. The second kappa shape index (κ2) is 9.82. The molecule has 212 valence electrons. The minimum atomic E-state index is -2.21. The molecule has 10 nitrogen and oxygen atoms in total. The van der Waals surface area contributed by atoms with Crippen molar-refractivity contribution >= 4 is 17.7 Å². The Bertz CT molecular complexity index is 1030. The van der Waals surface area contributed by atoms with Crippen LogP contribution in [0.2, 0.25) is 0 Å². The van der Waals surface area contributed by atoms with Gasteiger partial charge < -0.3 is 29.2 Å². The van der Waals surface area contributed by atoms with Crippen molar-refractivity contribution in [1.82, 2.24) is 4.90 Å². The van der Waals surface area contributed by atoms with Crippen LogP contribution in [0.3, 0.4) is 0 Å². The number of aliphatic hydroxyl groups excluding tert-OH is 1. The number of rotatable bonds is 6. The summed E-state index contributed by atoms with van der Waals surface area (Å²) in [5.74, 6) is -1.93. The third-order valence-electron chi connectivity index (χ3n) is 9.19. The lowest BCUT2D eigenvalue weighted by Crippen LogP contribution is -2.81. The summed E-state index contributed by atoms with van der Waals surface area (Å²) in [5, 5.41) is 23.6. The first-order valence-electron chi connectivity index (χ1n) is 13.3. The number of aliphatic hydroxyl groups is 2. The molecule has 2 N–H and O–H groups in total. The Morgan fingerprint density at radius 2 is 1.84 bits per heavy atom. The molecule has 0 aromatic heterocycles. The van der Waals surface area contributed by atoms with Crippen LogP contribution >= 0.6 is 0 Å². The maximum Gasteiger partial charge on any atom is 0.344 e. The zero-order chi connectivity index (χ0) is 28.1. The smallest absolute Gasteiger partial charge is 0.344 e. The number of carbonyl (C=O) groups excluding carboxylic acids is 3. The highest BCUT2D eigenvalue weighted by atomic mass is 16.6. The van der Waals surface area contributed by atoms with Crippen LogP contribution in [0.25, 0.3) is 0 Å². The van der Waals surface area contributed by atoms with E-state index in [9.17, 15) is 24.6 Å². The molecule has 1 saturated carbocycles. The van der Waals surface area contributed by atoms with Crippen LogP contribution in [0, 0.1) is 10.8 Å². The van der Waals surface area contributed by atoms with Gasteiger partial charge >= 0.3 is 11.9 Å². The molecule has 3 fully saturated rings. The van der Waals surface area contributed by atoms with Crippen LogP contribution in [0.1, 0.15) is 53.9 Å². The number of esters is 2. The fraction of sp³-hybridized carbons (Fsp3) is 0.750. The number of fused-ring (bicyclic) bond motifs is 3. The summed E-state index contributed by atoms with van der Waals surface area (Å²) in [7, 11) is 0. The van der Waals surface area contributed by atoms with Crippen LogP contribution in [0.4, 0.5) is 0 Å². The van der Waals surface area contributed by atoms with Crippen molar-refractivity contribution in [2.45, 2.75) is 82.9 Å². The summed E-state index contributed by atoms with van der Waals surface area (Å²) in [6.07, 6.45) is 1.81. The lowest BCUT2D eigenvalue weighted by molar-refractivity contribution is -0.305. The van der Waals surface area contributed by atoms with E-state index in [2.05, 4.69) is 6.58 Å². The van der Waals surface area contributed by atoms with Gasteiger partial charge in [0.15, 0.2) is 24.1 Å². The summed E-state index contributed by atoms with van der Waals surface area (Å²) in [4.78, 5) is 41.0. The zero-order valence-electron chi connectivity index (χ0n) is 23.1. The normalized spacial score (nSPS) is 40.8. The van der Waals surface area contributed by atoms with Crippen molar-refractivity contribution in [3.63, 3.8) is 0 Å². The van der Waals surface area contributed by atoms with E-state index in [1.807, 2.05) is 18.7 Å². The Morgan fingerprint density at radius 3 is 2.47 bits per heavy atom. The van der Waals surface area contributed by atoms with Crippen molar-refractivity contribution in [2.75, 3.05) is 39.5 Å². The highest BCUT2D eigenvalue weighted by molar-refractivity contribution is 5.93. The van der Waals surface area contributed by atoms with E-state index >= 15 is 0 Å². The standard InChI is InChI=1S/C28H41NO9/c1-7-25(4)15-20(31)28(34)26(5)18(24(2,3)9-8-19(26)30)14-21(27(28,6)38-25)37-23(33)17-36-22(32)16-29-10-12-35-13-11-29/h7,14,19,21,30,34H,1,8-13,15-17H2,2-6H3/t19-,21-,25-,26+,27+,28-/m0/s1. The highest BCUT2D eigenvalue weighted by Gasteiger charge is 2.76. The zero-order valence-corrected chi connectivity index (χ0v) is 23.1. The predicted molar refractivity (Wildman–Crippen MR) is 136 cm³/mol. The SMILES string of the molecule is C=C[C@@]1(C)CC(=O)[C@@]2(O)[C@](C)(O1)[C@@H](OC(=O)COC(=O)CN1CCOCC1)C=C1C(C)(C)CC[C@H](O)[C@@]12C. The molecule has 2 heterocycles. The van der Waals surface area contributed by atoms with E-state index in [1.165, 1.54) is 13.0 Å². The predicted octanol–water partition coefficient (Wildman–Crippen LogP) is 1.32. The monoisotopic (exact) mass is 535 g/mol. The Morgan fingerprint density at radius 1 is 1.18 bits per heavy atom. The molecule has 0 aromatic carbocycles. The van der Waals surface area contributed by atoms with Gasteiger partial charge in [0.05, 0.1) is 36.9 Å². The molecular formula is C28H41NO9. The third-order valence-corrected chi connectivity index (χ3v) is 9.19. The number of carbonyl (C=O) groups is 3. The van der Waals surface area contributed by atoms with Crippen LogP contribution in [0.5, 0.6) is 0 Å². The van der Waals surface area contributed by atoms with Crippen LogP contribution < -0.4 is 0 Å². The van der Waals surface area contributed by atoms with Gasteiger partial charge in [-0.1, -0.05) is 25.5 Å².